The van der Waals surface area contributed by atoms with Crippen molar-refractivity contribution >= 4 is 23.7 Å². The number of carbonyl (C=O) groups is 3. The minimum Gasteiger partial charge on any atom is -0.450 e. The van der Waals surface area contributed by atoms with Gasteiger partial charge >= 0.3 is 12.1 Å². The molecular weight excluding hydrogens is 386 g/mol. The highest BCUT2D eigenvalue weighted by molar-refractivity contribution is 5.96. The quantitative estimate of drug-likeness (QED) is 0.805. The number of piperidine rings is 1. The predicted molar refractivity (Wildman–Crippen MR) is 100 cm³/mol. The van der Waals surface area contributed by atoms with Gasteiger partial charge in [0.25, 0.3) is 0 Å². The van der Waals surface area contributed by atoms with Gasteiger partial charge in [0.1, 0.15) is 6.54 Å². The largest absolute Gasteiger partial charge is 0.450 e. The molecule has 0 aliphatic carbocycles. The van der Waals surface area contributed by atoms with Gasteiger partial charge in [0, 0.05) is 44.0 Å². The summed E-state index contributed by atoms with van der Waals surface area (Å²) >= 11 is 0. The lowest BCUT2D eigenvalue weighted by atomic mass is 10.1. The number of urea groups is 1. The molecule has 29 heavy (non-hydrogen) atoms. The number of hydrogen-bond acceptors (Lipinski definition) is 4. The van der Waals surface area contributed by atoms with E-state index in [1.54, 1.807) is 11.8 Å². The van der Waals surface area contributed by atoms with Crippen molar-refractivity contribution in [2.24, 2.45) is 0 Å². The van der Waals surface area contributed by atoms with Gasteiger partial charge < -0.3 is 19.9 Å². The Balaban J connectivity index is 1.47. The van der Waals surface area contributed by atoms with Crippen LogP contribution in [0.3, 0.4) is 0 Å². The number of ether oxygens (including phenoxy) is 1. The van der Waals surface area contributed by atoms with Crippen LogP contribution in [0.25, 0.3) is 0 Å². The van der Waals surface area contributed by atoms with Crippen LogP contribution in [0.5, 0.6) is 0 Å². The van der Waals surface area contributed by atoms with Gasteiger partial charge in [-0.3, -0.25) is 9.69 Å². The Morgan fingerprint density at radius 1 is 1.14 bits per heavy atom. The van der Waals surface area contributed by atoms with Crippen LogP contribution in [0.2, 0.25) is 0 Å². The van der Waals surface area contributed by atoms with Gasteiger partial charge in [-0.25, -0.2) is 18.4 Å². The van der Waals surface area contributed by atoms with Crippen LogP contribution in [0.15, 0.2) is 18.2 Å². The van der Waals surface area contributed by atoms with Gasteiger partial charge in [-0.05, 0) is 31.9 Å². The first-order valence-electron chi connectivity index (χ1n) is 9.61. The Kier molecular flexibility index (Phi) is 6.50. The lowest BCUT2D eigenvalue weighted by Crippen LogP contribution is -2.49. The average Bonchev–Trinajstić information content (AvgIpc) is 3.05. The molecule has 2 aliphatic heterocycles. The van der Waals surface area contributed by atoms with Crippen LogP contribution in [0.1, 0.15) is 19.8 Å². The molecule has 4 amide bonds. The van der Waals surface area contributed by atoms with Crippen LogP contribution < -0.4 is 10.2 Å². The Hall–Kier alpha value is -2.91. The van der Waals surface area contributed by atoms with E-state index in [0.29, 0.717) is 39.1 Å². The first-order chi connectivity index (χ1) is 13.9. The third kappa shape index (κ3) is 4.93. The molecule has 158 valence electrons. The molecule has 1 N–H and O–H groups in total. The number of halogens is 2. The van der Waals surface area contributed by atoms with E-state index in [9.17, 15) is 23.2 Å². The van der Waals surface area contributed by atoms with Crippen LogP contribution in [-0.2, 0) is 9.53 Å². The van der Waals surface area contributed by atoms with Crippen LogP contribution in [0, 0.1) is 11.6 Å². The normalized spacial score (nSPS) is 17.6. The summed E-state index contributed by atoms with van der Waals surface area (Å²) < 4.78 is 31.5. The second-order valence-corrected chi connectivity index (χ2v) is 6.98. The number of nitrogens with one attached hydrogen (secondary N) is 1. The number of carbonyl (C=O) groups excluding carboxylic acids is 3. The van der Waals surface area contributed by atoms with Gasteiger partial charge in [0.2, 0.25) is 5.91 Å². The van der Waals surface area contributed by atoms with Gasteiger partial charge in [-0.1, -0.05) is 0 Å². The molecule has 2 aliphatic rings. The number of likely N-dealkylation sites (tertiary alicyclic amines) is 1. The Morgan fingerprint density at radius 2 is 1.86 bits per heavy atom. The fraction of sp³-hybridized carbons (Fsp3) is 0.526. The van der Waals surface area contributed by atoms with Gasteiger partial charge in [0.05, 0.1) is 6.61 Å². The summed E-state index contributed by atoms with van der Waals surface area (Å²) in [7, 11) is 0. The van der Waals surface area contributed by atoms with Crippen molar-refractivity contribution in [2.75, 3.05) is 44.2 Å². The fourth-order valence-electron chi connectivity index (χ4n) is 3.49. The number of anilines is 1. The minimum absolute atomic E-state index is 0.0758. The van der Waals surface area contributed by atoms with Crippen molar-refractivity contribution in [1.29, 1.82) is 0 Å². The second kappa shape index (κ2) is 9.06. The standard InChI is InChI=1S/C19H24F2N4O4/c1-2-29-19(28)23-7-5-13(6-8-23)22-17(26)12-24-9-10-25(18(24)27)14-3-4-15(20)16(21)11-14/h3-4,11,13H,2,5-10,12H2,1H3,(H,22,26). The lowest BCUT2D eigenvalue weighted by Gasteiger charge is -2.31. The molecule has 3 rings (SSSR count). The third-order valence-corrected chi connectivity index (χ3v) is 5.03. The number of nitrogens with zero attached hydrogens (tertiary/aromatic N) is 3. The fourth-order valence-corrected chi connectivity index (χ4v) is 3.49. The molecule has 8 nitrogen and oxygen atoms in total. The zero-order valence-corrected chi connectivity index (χ0v) is 16.2. The van der Waals surface area contributed by atoms with Crippen molar-refractivity contribution < 1.29 is 27.9 Å². The zero-order valence-electron chi connectivity index (χ0n) is 16.2. The predicted octanol–water partition coefficient (Wildman–Crippen LogP) is 1.94. The Morgan fingerprint density at radius 3 is 2.52 bits per heavy atom. The molecule has 0 atom stereocenters. The van der Waals surface area contributed by atoms with Crippen molar-refractivity contribution in [2.45, 2.75) is 25.8 Å². The second-order valence-electron chi connectivity index (χ2n) is 6.98. The summed E-state index contributed by atoms with van der Waals surface area (Å²) in [5, 5.41) is 2.89. The molecule has 0 saturated carbocycles. The molecule has 1 aromatic carbocycles. The van der Waals surface area contributed by atoms with E-state index in [-0.39, 0.29) is 36.8 Å². The molecule has 2 heterocycles. The molecular formula is C19H24F2N4O4. The van der Waals surface area contributed by atoms with E-state index in [0.717, 1.165) is 12.1 Å². The van der Waals surface area contributed by atoms with Crippen LogP contribution >= 0.6 is 0 Å². The van der Waals surface area contributed by atoms with E-state index >= 15 is 0 Å². The lowest BCUT2D eigenvalue weighted by molar-refractivity contribution is -0.122. The molecule has 1 aromatic rings. The van der Waals surface area contributed by atoms with Crippen molar-refractivity contribution in [3.05, 3.63) is 29.8 Å². The zero-order chi connectivity index (χ0) is 21.0. The summed E-state index contributed by atoms with van der Waals surface area (Å²) in [4.78, 5) is 40.8. The topological polar surface area (TPSA) is 82.2 Å². The summed E-state index contributed by atoms with van der Waals surface area (Å²) in [6.45, 7) is 3.55. The molecule has 0 unspecified atom stereocenters. The van der Waals surface area contributed by atoms with Crippen LogP contribution in [-0.4, -0.2) is 73.2 Å². The molecule has 0 aromatic heterocycles. The van der Waals surface area contributed by atoms with E-state index in [1.165, 1.54) is 15.9 Å². The highest BCUT2D eigenvalue weighted by atomic mass is 19.2. The van der Waals surface area contributed by atoms with Crippen LogP contribution in [0.4, 0.5) is 24.1 Å². The highest BCUT2D eigenvalue weighted by Crippen LogP contribution is 2.22. The molecule has 0 spiro atoms. The van der Waals surface area contributed by atoms with Crippen molar-refractivity contribution in [3.63, 3.8) is 0 Å². The van der Waals surface area contributed by atoms with Crippen molar-refractivity contribution in [1.82, 2.24) is 15.1 Å². The number of amides is 4. The van der Waals surface area contributed by atoms with Gasteiger partial charge in [0.15, 0.2) is 11.6 Å². The number of benzene rings is 1. The summed E-state index contributed by atoms with van der Waals surface area (Å²) in [6, 6.07) is 2.76. The molecule has 2 saturated heterocycles. The maximum atomic E-state index is 13.4. The SMILES string of the molecule is CCOC(=O)N1CCC(NC(=O)CN2CCN(c3ccc(F)c(F)c3)C2=O)CC1. The highest BCUT2D eigenvalue weighted by Gasteiger charge is 2.32. The smallest absolute Gasteiger partial charge is 0.409 e. The third-order valence-electron chi connectivity index (χ3n) is 5.03. The molecule has 0 radical (unpaired) electrons. The van der Waals surface area contributed by atoms with E-state index < -0.39 is 17.7 Å². The van der Waals surface area contributed by atoms with Crippen molar-refractivity contribution in [3.8, 4) is 0 Å². The molecule has 2 fully saturated rings. The summed E-state index contributed by atoms with van der Waals surface area (Å²) in [6.07, 6.45) is 0.871. The Bertz CT molecular complexity index is 783. The maximum Gasteiger partial charge on any atom is 0.409 e. The van der Waals surface area contributed by atoms with E-state index in [1.807, 2.05) is 0 Å². The Labute approximate surface area is 167 Å². The average molecular weight is 410 g/mol. The van der Waals surface area contributed by atoms with E-state index in [2.05, 4.69) is 5.32 Å². The summed E-state index contributed by atoms with van der Waals surface area (Å²) in [5.74, 6) is -2.30. The maximum absolute atomic E-state index is 13.4. The number of hydrogen-bond donors (Lipinski definition) is 1. The van der Waals surface area contributed by atoms with E-state index in [4.69, 9.17) is 4.74 Å². The first-order valence-corrected chi connectivity index (χ1v) is 9.61. The summed E-state index contributed by atoms with van der Waals surface area (Å²) in [5.41, 5.74) is 0.253. The molecule has 10 heteroatoms. The minimum atomic E-state index is -1.03. The monoisotopic (exact) mass is 410 g/mol. The first kappa shape index (κ1) is 20.8. The molecule has 0 bridgehead atoms. The van der Waals surface area contributed by atoms with Gasteiger partial charge in [-0.15, -0.1) is 0 Å². The van der Waals surface area contributed by atoms with Gasteiger partial charge in [-0.2, -0.15) is 0 Å². The number of rotatable bonds is 5.